The Morgan fingerprint density at radius 1 is 1.44 bits per heavy atom. The van der Waals surface area contributed by atoms with Crippen LogP contribution in [0.1, 0.15) is 23.4 Å². The van der Waals surface area contributed by atoms with Crippen LogP contribution in [0.4, 0.5) is 22.0 Å². The van der Waals surface area contributed by atoms with Crippen molar-refractivity contribution in [1.29, 1.82) is 5.26 Å². The molecule has 0 bridgehead atoms. The smallest absolute Gasteiger partial charge is 0.403 e. The lowest BCUT2D eigenvalue weighted by molar-refractivity contribution is -0.274. The number of nitrogens with zero attached hydrogens (tertiary/aromatic N) is 2. The van der Waals surface area contributed by atoms with Gasteiger partial charge in [0.15, 0.2) is 11.4 Å². The second kappa shape index (κ2) is 5.14. The summed E-state index contributed by atoms with van der Waals surface area (Å²) in [6, 6.07) is 1.74. The van der Waals surface area contributed by atoms with Crippen molar-refractivity contribution in [3.8, 4) is 11.8 Å². The number of rotatable bonds is 3. The number of aromatic nitrogens is 1. The number of halogens is 5. The third kappa shape index (κ3) is 3.27. The molecule has 1 aromatic heterocycles. The van der Waals surface area contributed by atoms with Gasteiger partial charge >= 0.3 is 6.36 Å². The zero-order valence-corrected chi connectivity index (χ0v) is 8.63. The minimum absolute atomic E-state index is 0.351. The number of nitriles is 1. The molecule has 0 saturated heterocycles. The van der Waals surface area contributed by atoms with E-state index in [1.165, 1.54) is 6.07 Å². The summed E-state index contributed by atoms with van der Waals surface area (Å²) in [4.78, 5) is 3.32. The molecule has 0 aliphatic rings. The van der Waals surface area contributed by atoms with Gasteiger partial charge in [-0.2, -0.15) is 5.26 Å². The Kier molecular flexibility index (Phi) is 4.03. The van der Waals surface area contributed by atoms with Gasteiger partial charge in [0.1, 0.15) is 6.07 Å². The van der Waals surface area contributed by atoms with E-state index in [0.29, 0.717) is 6.07 Å². The molecule has 0 aromatic carbocycles. The summed E-state index contributed by atoms with van der Waals surface area (Å²) in [7, 11) is 0. The fourth-order valence-electron chi connectivity index (χ4n) is 1.18. The summed E-state index contributed by atoms with van der Waals surface area (Å²) in [6.45, 7) is -0.430. The number of hydrogen-bond donors (Lipinski definition) is 1. The fraction of sp³-hybridized carbons (Fsp3) is 0.333. The summed E-state index contributed by atoms with van der Waals surface area (Å²) < 4.78 is 64.6. The number of hydrogen-bond acceptors (Lipinski definition) is 4. The van der Waals surface area contributed by atoms with Gasteiger partial charge in [0, 0.05) is 12.1 Å². The summed E-state index contributed by atoms with van der Waals surface area (Å²) >= 11 is 0. The predicted octanol–water partition coefficient (Wildman–Crippen LogP) is 2.25. The molecule has 0 unspecified atom stereocenters. The second-order valence-electron chi connectivity index (χ2n) is 3.04. The Morgan fingerprint density at radius 3 is 2.44 bits per heavy atom. The van der Waals surface area contributed by atoms with Gasteiger partial charge in [0.05, 0.1) is 5.69 Å². The Labute approximate surface area is 97.8 Å². The lowest BCUT2D eigenvalue weighted by Gasteiger charge is -2.13. The van der Waals surface area contributed by atoms with E-state index in [1.54, 1.807) is 0 Å². The zero-order chi connectivity index (χ0) is 13.9. The van der Waals surface area contributed by atoms with E-state index in [4.69, 9.17) is 11.0 Å². The van der Waals surface area contributed by atoms with Crippen molar-refractivity contribution in [2.45, 2.75) is 19.3 Å². The summed E-state index contributed by atoms with van der Waals surface area (Å²) in [5.74, 6) is -1.07. The first kappa shape index (κ1) is 14.1. The topological polar surface area (TPSA) is 71.9 Å². The highest BCUT2D eigenvalue weighted by Crippen LogP contribution is 2.31. The monoisotopic (exact) mass is 267 g/mol. The SMILES string of the molecule is N#Cc1nc(CN)c(C(F)F)cc1OC(F)(F)F. The average Bonchev–Trinajstić information content (AvgIpc) is 2.26. The lowest BCUT2D eigenvalue weighted by Crippen LogP contribution is -2.19. The van der Waals surface area contributed by atoms with E-state index in [0.717, 1.165) is 0 Å². The molecule has 2 N–H and O–H groups in total. The number of ether oxygens (including phenoxy) is 1. The zero-order valence-electron chi connectivity index (χ0n) is 8.63. The maximum Gasteiger partial charge on any atom is 0.573 e. The third-order valence-corrected chi connectivity index (χ3v) is 1.86. The molecule has 0 amide bonds. The van der Waals surface area contributed by atoms with E-state index >= 15 is 0 Å². The Balaban J connectivity index is 3.33. The minimum atomic E-state index is -5.10. The molecule has 9 heteroatoms. The van der Waals surface area contributed by atoms with Crippen LogP contribution >= 0.6 is 0 Å². The highest BCUT2D eigenvalue weighted by atomic mass is 19.4. The number of pyridine rings is 1. The molecular weight excluding hydrogens is 261 g/mol. The van der Waals surface area contributed by atoms with E-state index in [1.807, 2.05) is 0 Å². The van der Waals surface area contributed by atoms with Gasteiger partial charge < -0.3 is 10.5 Å². The Morgan fingerprint density at radius 2 is 2.06 bits per heavy atom. The van der Waals surface area contributed by atoms with Crippen molar-refractivity contribution >= 4 is 0 Å². The Hall–Kier alpha value is -1.95. The van der Waals surface area contributed by atoms with Crippen LogP contribution in [0.15, 0.2) is 6.07 Å². The molecule has 1 heterocycles. The Bertz CT molecular complexity index is 480. The molecular formula is C9H6F5N3O. The van der Waals surface area contributed by atoms with Crippen LogP contribution in [0.3, 0.4) is 0 Å². The van der Waals surface area contributed by atoms with Crippen LogP contribution in [-0.2, 0) is 6.54 Å². The van der Waals surface area contributed by atoms with Crippen molar-refractivity contribution in [3.63, 3.8) is 0 Å². The van der Waals surface area contributed by atoms with Gasteiger partial charge in [-0.15, -0.1) is 13.2 Å². The first-order valence-corrected chi connectivity index (χ1v) is 4.46. The summed E-state index contributed by atoms with van der Waals surface area (Å²) in [6.07, 6.45) is -8.17. The summed E-state index contributed by atoms with van der Waals surface area (Å²) in [5, 5.41) is 8.58. The van der Waals surface area contributed by atoms with Crippen LogP contribution in [0.5, 0.6) is 5.75 Å². The molecule has 0 fully saturated rings. The van der Waals surface area contributed by atoms with Gasteiger partial charge in [-0.1, -0.05) is 0 Å². The van der Waals surface area contributed by atoms with Crippen LogP contribution in [0.2, 0.25) is 0 Å². The fourth-order valence-corrected chi connectivity index (χ4v) is 1.18. The molecule has 18 heavy (non-hydrogen) atoms. The molecule has 4 nitrogen and oxygen atoms in total. The van der Waals surface area contributed by atoms with E-state index < -0.39 is 36.3 Å². The van der Waals surface area contributed by atoms with Crippen molar-refractivity contribution < 1.29 is 26.7 Å². The first-order valence-electron chi connectivity index (χ1n) is 4.46. The molecule has 0 aliphatic heterocycles. The van der Waals surface area contributed by atoms with E-state index in [2.05, 4.69) is 9.72 Å². The molecule has 0 spiro atoms. The summed E-state index contributed by atoms with van der Waals surface area (Å²) in [5.41, 5.74) is 3.22. The highest BCUT2D eigenvalue weighted by Gasteiger charge is 2.33. The van der Waals surface area contributed by atoms with Crippen molar-refractivity contribution in [2.75, 3.05) is 0 Å². The van der Waals surface area contributed by atoms with Crippen molar-refractivity contribution in [2.24, 2.45) is 5.73 Å². The second-order valence-corrected chi connectivity index (χ2v) is 3.04. The van der Waals surface area contributed by atoms with E-state index in [-0.39, 0.29) is 5.69 Å². The minimum Gasteiger partial charge on any atom is -0.403 e. The van der Waals surface area contributed by atoms with E-state index in [9.17, 15) is 22.0 Å². The van der Waals surface area contributed by atoms with Gasteiger partial charge in [-0.05, 0) is 6.07 Å². The standard InChI is InChI=1S/C9H6F5N3O/c10-8(11)4-1-7(18-9(12,13)14)6(3-16)17-5(4)2-15/h1,8H,2,15H2. The normalized spacial score (nSPS) is 11.4. The largest absolute Gasteiger partial charge is 0.573 e. The first-order chi connectivity index (χ1) is 8.28. The maximum absolute atomic E-state index is 12.5. The quantitative estimate of drug-likeness (QED) is 0.852. The van der Waals surface area contributed by atoms with Crippen LogP contribution in [0.25, 0.3) is 0 Å². The lowest BCUT2D eigenvalue weighted by atomic mass is 10.1. The van der Waals surface area contributed by atoms with Crippen LogP contribution < -0.4 is 10.5 Å². The third-order valence-electron chi connectivity index (χ3n) is 1.86. The van der Waals surface area contributed by atoms with Crippen molar-refractivity contribution in [3.05, 3.63) is 23.0 Å². The van der Waals surface area contributed by atoms with Crippen LogP contribution in [0, 0.1) is 11.3 Å². The molecule has 98 valence electrons. The van der Waals surface area contributed by atoms with Gasteiger partial charge in [-0.3, -0.25) is 0 Å². The number of alkyl halides is 5. The number of nitrogens with two attached hydrogens (primary N) is 1. The molecule has 0 saturated carbocycles. The molecule has 0 aliphatic carbocycles. The maximum atomic E-state index is 12.5. The molecule has 1 aromatic rings. The molecule has 0 radical (unpaired) electrons. The van der Waals surface area contributed by atoms with Gasteiger partial charge in [-0.25, -0.2) is 13.8 Å². The predicted molar refractivity (Wildman–Crippen MR) is 48.5 cm³/mol. The van der Waals surface area contributed by atoms with Gasteiger partial charge in [0.2, 0.25) is 0 Å². The highest BCUT2D eigenvalue weighted by molar-refractivity contribution is 5.42. The van der Waals surface area contributed by atoms with Crippen molar-refractivity contribution in [1.82, 2.24) is 4.98 Å². The molecule has 1 rings (SSSR count). The molecule has 0 atom stereocenters. The average molecular weight is 267 g/mol. The van der Waals surface area contributed by atoms with Gasteiger partial charge in [0.25, 0.3) is 6.43 Å². The van der Waals surface area contributed by atoms with Crippen LogP contribution in [-0.4, -0.2) is 11.3 Å².